The number of nitrogens with zero attached hydrogens (tertiary/aromatic N) is 1. The highest BCUT2D eigenvalue weighted by Gasteiger charge is 2.46. The molecular formula is C23H34N2O3. The number of hydrogen-bond donors (Lipinski definition) is 2. The minimum Gasteiger partial charge on any atom is -0.497 e. The quantitative estimate of drug-likeness (QED) is 0.682. The molecule has 0 aromatic heterocycles. The number of methoxy groups -OCH3 is 1. The van der Waals surface area contributed by atoms with Gasteiger partial charge in [-0.2, -0.15) is 0 Å². The number of piperidine rings is 1. The molecule has 0 unspecified atom stereocenters. The van der Waals surface area contributed by atoms with E-state index in [0.717, 1.165) is 76.5 Å². The van der Waals surface area contributed by atoms with Crippen molar-refractivity contribution in [1.82, 2.24) is 10.2 Å². The lowest BCUT2D eigenvalue weighted by Gasteiger charge is -2.47. The van der Waals surface area contributed by atoms with Crippen LogP contribution < -0.4 is 10.1 Å². The first kappa shape index (κ1) is 19.7. The highest BCUT2D eigenvalue weighted by molar-refractivity contribution is 5.76. The molecule has 5 nitrogen and oxygen atoms in total. The van der Waals surface area contributed by atoms with Crippen molar-refractivity contribution in [3.8, 4) is 5.75 Å². The molecule has 2 saturated carbocycles. The third-order valence-electron chi connectivity index (χ3n) is 7.29. The minimum absolute atomic E-state index is 0.268. The maximum atomic E-state index is 11.7. The number of rotatable bonds is 9. The second-order valence-corrected chi connectivity index (χ2v) is 9.40. The summed E-state index contributed by atoms with van der Waals surface area (Å²) < 4.78 is 5.30. The number of ether oxygens (including phenoxy) is 1. The van der Waals surface area contributed by atoms with Crippen LogP contribution in [0.5, 0.6) is 5.75 Å². The maximum absolute atomic E-state index is 11.7. The summed E-state index contributed by atoms with van der Waals surface area (Å²) in [7, 11) is 1.71. The Balaban J connectivity index is 1.39. The topological polar surface area (TPSA) is 61.8 Å². The van der Waals surface area contributed by atoms with Gasteiger partial charge >= 0.3 is 5.97 Å². The Kier molecular flexibility index (Phi) is 5.66. The number of aliphatic carboxylic acids is 1. The molecule has 5 heteroatoms. The molecule has 2 aliphatic carbocycles. The van der Waals surface area contributed by atoms with Crippen molar-refractivity contribution in [2.75, 3.05) is 33.3 Å². The second kappa shape index (κ2) is 8.03. The molecule has 154 valence electrons. The molecule has 1 aliphatic heterocycles. The number of carbonyl (C=O) groups is 1. The van der Waals surface area contributed by atoms with Crippen LogP contribution in [0.2, 0.25) is 0 Å². The van der Waals surface area contributed by atoms with Crippen LogP contribution in [-0.4, -0.2) is 55.3 Å². The van der Waals surface area contributed by atoms with Gasteiger partial charge in [-0.3, -0.25) is 4.79 Å². The van der Waals surface area contributed by atoms with E-state index in [1.54, 1.807) is 7.11 Å². The molecule has 1 saturated heterocycles. The fourth-order valence-electron chi connectivity index (χ4n) is 4.90. The van der Waals surface area contributed by atoms with Crippen LogP contribution in [0.1, 0.15) is 50.5 Å². The van der Waals surface area contributed by atoms with E-state index in [4.69, 9.17) is 4.74 Å². The van der Waals surface area contributed by atoms with E-state index in [0.29, 0.717) is 0 Å². The molecule has 0 atom stereocenters. The van der Waals surface area contributed by atoms with Gasteiger partial charge in [0, 0.05) is 19.1 Å². The zero-order valence-electron chi connectivity index (χ0n) is 17.1. The lowest BCUT2D eigenvalue weighted by atomic mass is 9.67. The zero-order chi connectivity index (χ0) is 19.6. The van der Waals surface area contributed by atoms with Crippen molar-refractivity contribution < 1.29 is 14.6 Å². The van der Waals surface area contributed by atoms with E-state index in [-0.39, 0.29) is 5.41 Å². The molecule has 0 radical (unpaired) electrons. The summed E-state index contributed by atoms with van der Waals surface area (Å²) >= 11 is 0. The van der Waals surface area contributed by atoms with Gasteiger partial charge in [0.1, 0.15) is 5.75 Å². The Hall–Kier alpha value is -1.59. The molecule has 1 aromatic rings. The van der Waals surface area contributed by atoms with Crippen molar-refractivity contribution in [2.45, 2.75) is 57.4 Å². The number of benzene rings is 1. The first-order chi connectivity index (χ1) is 13.5. The van der Waals surface area contributed by atoms with Crippen LogP contribution in [-0.2, 0) is 11.2 Å². The molecule has 0 spiro atoms. The van der Waals surface area contributed by atoms with Crippen LogP contribution in [0.15, 0.2) is 24.3 Å². The summed E-state index contributed by atoms with van der Waals surface area (Å²) in [6.45, 7) is 3.83. The number of likely N-dealkylation sites (tertiary alicyclic amines) is 1. The number of carboxylic acids is 1. The SMILES string of the molecule is COc1ccc(CC2(CNC3CC3)CCN(CC3(C(=O)O)CCC3)CC2)cc1. The van der Waals surface area contributed by atoms with Gasteiger partial charge in [0.15, 0.2) is 0 Å². The highest BCUT2D eigenvalue weighted by Crippen LogP contribution is 2.43. The minimum atomic E-state index is -0.593. The van der Waals surface area contributed by atoms with E-state index >= 15 is 0 Å². The first-order valence-corrected chi connectivity index (χ1v) is 10.8. The smallest absolute Gasteiger partial charge is 0.310 e. The molecule has 0 amide bonds. The van der Waals surface area contributed by atoms with E-state index < -0.39 is 11.4 Å². The lowest BCUT2D eigenvalue weighted by Crippen LogP contribution is -2.52. The summed E-state index contributed by atoms with van der Waals surface area (Å²) in [5.41, 5.74) is 1.17. The van der Waals surface area contributed by atoms with Crippen molar-refractivity contribution in [3.05, 3.63) is 29.8 Å². The van der Waals surface area contributed by atoms with Crippen LogP contribution >= 0.6 is 0 Å². The normalized spacial score (nSPS) is 23.8. The van der Waals surface area contributed by atoms with Gasteiger partial charge in [-0.25, -0.2) is 0 Å². The molecule has 4 rings (SSSR count). The monoisotopic (exact) mass is 386 g/mol. The molecular weight excluding hydrogens is 352 g/mol. The molecule has 3 fully saturated rings. The molecule has 2 N–H and O–H groups in total. The molecule has 0 bridgehead atoms. The Labute approximate surface area is 168 Å². The summed E-state index contributed by atoms with van der Waals surface area (Å²) in [6.07, 6.45) is 8.72. The van der Waals surface area contributed by atoms with E-state index in [2.05, 4.69) is 34.5 Å². The fraction of sp³-hybridized carbons (Fsp3) is 0.696. The molecule has 3 aliphatic rings. The van der Waals surface area contributed by atoms with Crippen LogP contribution in [0, 0.1) is 10.8 Å². The largest absolute Gasteiger partial charge is 0.497 e. The Bertz CT molecular complexity index is 672. The average molecular weight is 387 g/mol. The van der Waals surface area contributed by atoms with Crippen molar-refractivity contribution in [3.63, 3.8) is 0 Å². The fourth-order valence-corrected chi connectivity index (χ4v) is 4.90. The standard InChI is InChI=1S/C23H34N2O3/c1-28-20-7-3-18(4-8-20)15-22(16-24-19-5-6-19)11-13-25(14-12-22)17-23(21(26)27)9-2-10-23/h3-4,7-8,19,24H,2,5-6,9-17H2,1H3,(H,26,27). The van der Waals surface area contributed by atoms with Gasteiger partial charge in [-0.05, 0) is 81.1 Å². The Morgan fingerprint density at radius 1 is 1.18 bits per heavy atom. The summed E-state index contributed by atoms with van der Waals surface area (Å²) in [5, 5.41) is 13.4. The predicted molar refractivity (Wildman–Crippen MR) is 110 cm³/mol. The summed E-state index contributed by atoms with van der Waals surface area (Å²) in [4.78, 5) is 14.1. The summed E-state index contributed by atoms with van der Waals surface area (Å²) in [5.74, 6) is 0.312. The molecule has 1 heterocycles. The van der Waals surface area contributed by atoms with Gasteiger partial charge in [0.2, 0.25) is 0 Å². The van der Waals surface area contributed by atoms with Gasteiger partial charge in [-0.1, -0.05) is 18.6 Å². The lowest BCUT2D eigenvalue weighted by molar-refractivity contribution is -0.156. The Morgan fingerprint density at radius 3 is 2.36 bits per heavy atom. The summed E-state index contributed by atoms with van der Waals surface area (Å²) in [6, 6.07) is 9.21. The van der Waals surface area contributed by atoms with Crippen LogP contribution in [0.3, 0.4) is 0 Å². The van der Waals surface area contributed by atoms with Crippen molar-refractivity contribution >= 4 is 5.97 Å². The molecule has 1 aromatic carbocycles. The third-order valence-corrected chi connectivity index (χ3v) is 7.29. The van der Waals surface area contributed by atoms with Gasteiger partial charge < -0.3 is 20.1 Å². The molecule has 28 heavy (non-hydrogen) atoms. The van der Waals surface area contributed by atoms with Crippen molar-refractivity contribution in [1.29, 1.82) is 0 Å². The highest BCUT2D eigenvalue weighted by atomic mass is 16.5. The van der Waals surface area contributed by atoms with E-state index in [9.17, 15) is 9.90 Å². The maximum Gasteiger partial charge on any atom is 0.310 e. The number of hydrogen-bond acceptors (Lipinski definition) is 4. The van der Waals surface area contributed by atoms with Gasteiger partial charge in [0.05, 0.1) is 12.5 Å². The van der Waals surface area contributed by atoms with Crippen LogP contribution in [0.25, 0.3) is 0 Å². The van der Waals surface area contributed by atoms with E-state index in [1.807, 2.05) is 0 Å². The number of carboxylic acid groups (broad SMARTS) is 1. The third kappa shape index (κ3) is 4.36. The van der Waals surface area contributed by atoms with E-state index in [1.165, 1.54) is 18.4 Å². The first-order valence-electron chi connectivity index (χ1n) is 10.8. The zero-order valence-corrected chi connectivity index (χ0v) is 17.1. The second-order valence-electron chi connectivity index (χ2n) is 9.40. The predicted octanol–water partition coefficient (Wildman–Crippen LogP) is 3.33. The number of nitrogens with one attached hydrogen (secondary N) is 1. The van der Waals surface area contributed by atoms with Crippen LogP contribution in [0.4, 0.5) is 0 Å². The van der Waals surface area contributed by atoms with Crippen molar-refractivity contribution in [2.24, 2.45) is 10.8 Å². The Morgan fingerprint density at radius 2 is 1.86 bits per heavy atom. The average Bonchev–Trinajstić information content (AvgIpc) is 3.49. The van der Waals surface area contributed by atoms with Gasteiger partial charge in [-0.15, -0.1) is 0 Å². The van der Waals surface area contributed by atoms with Gasteiger partial charge in [0.25, 0.3) is 0 Å².